The van der Waals surface area contributed by atoms with E-state index >= 15 is 0 Å². The van der Waals surface area contributed by atoms with Gasteiger partial charge in [0.2, 0.25) is 0 Å². The van der Waals surface area contributed by atoms with Gasteiger partial charge < -0.3 is 0 Å². The Labute approximate surface area is 93.8 Å². The molecule has 0 saturated heterocycles. The van der Waals surface area contributed by atoms with E-state index in [1.165, 1.54) is 36.0 Å². The van der Waals surface area contributed by atoms with Crippen LogP contribution in [-0.2, 0) is 6.42 Å². The highest BCUT2D eigenvalue weighted by molar-refractivity contribution is 6.14. The van der Waals surface area contributed by atoms with Gasteiger partial charge in [-0.15, -0.1) is 0 Å². The van der Waals surface area contributed by atoms with Crippen LogP contribution in [0.3, 0.4) is 0 Å². The molecule has 0 heterocycles. The lowest BCUT2D eigenvalue weighted by Crippen LogP contribution is -2.07. The molecule has 0 N–H and O–H groups in total. The maximum Gasteiger partial charge on any atom is 0.0716 e. The van der Waals surface area contributed by atoms with Gasteiger partial charge in [0, 0.05) is 0 Å². The van der Waals surface area contributed by atoms with Gasteiger partial charge in [-0.2, -0.15) is 0 Å². The number of hydrogen-bond donors (Lipinski definition) is 0. The lowest BCUT2D eigenvalue weighted by Gasteiger charge is -2.23. The predicted molar refractivity (Wildman–Crippen MR) is 67.4 cm³/mol. The van der Waals surface area contributed by atoms with Crippen LogP contribution in [0.1, 0.15) is 42.4 Å². The molecule has 0 fully saturated rings. The summed E-state index contributed by atoms with van der Waals surface area (Å²) in [7, 11) is 5.62. The largest absolute Gasteiger partial charge is 0.0960 e. The van der Waals surface area contributed by atoms with Crippen molar-refractivity contribution in [1.82, 2.24) is 0 Å². The number of rotatable bonds is 2. The van der Waals surface area contributed by atoms with Crippen molar-refractivity contribution in [2.45, 2.75) is 38.4 Å². The molecule has 0 saturated carbocycles. The molecule has 1 aliphatic carbocycles. The Bertz CT molecular complexity index is 379. The third-order valence-electron chi connectivity index (χ3n) is 3.41. The van der Waals surface area contributed by atoms with Crippen molar-refractivity contribution in [3.63, 3.8) is 0 Å². The van der Waals surface area contributed by atoms with Gasteiger partial charge in [0.05, 0.1) is 7.85 Å². The molecule has 0 aromatic heterocycles. The minimum Gasteiger partial charge on any atom is -0.0960 e. The van der Waals surface area contributed by atoms with Gasteiger partial charge in [-0.05, 0) is 41.9 Å². The van der Waals surface area contributed by atoms with Crippen molar-refractivity contribution in [3.8, 4) is 0 Å². The van der Waals surface area contributed by atoms with E-state index in [1.807, 2.05) is 0 Å². The van der Waals surface area contributed by atoms with Gasteiger partial charge in [0.25, 0.3) is 0 Å². The molecule has 0 bridgehead atoms. The van der Waals surface area contributed by atoms with Crippen LogP contribution < -0.4 is 0 Å². The number of benzene rings is 1. The van der Waals surface area contributed by atoms with E-state index in [4.69, 9.17) is 7.85 Å². The Morgan fingerprint density at radius 3 is 3.07 bits per heavy atom. The van der Waals surface area contributed by atoms with Gasteiger partial charge in [-0.25, -0.2) is 0 Å². The van der Waals surface area contributed by atoms with Crippen molar-refractivity contribution in [2.75, 3.05) is 0 Å². The van der Waals surface area contributed by atoms with E-state index in [9.17, 15) is 0 Å². The molecule has 0 nitrogen and oxygen atoms in total. The highest BCUT2D eigenvalue weighted by Gasteiger charge is 2.16. The minimum absolute atomic E-state index is 0.549. The average molecular weight is 196 g/mol. The van der Waals surface area contributed by atoms with Crippen LogP contribution in [-0.4, -0.2) is 7.85 Å². The van der Waals surface area contributed by atoms with E-state index in [1.54, 1.807) is 0 Å². The van der Waals surface area contributed by atoms with Crippen molar-refractivity contribution in [1.29, 1.82) is 0 Å². The zero-order valence-corrected chi connectivity index (χ0v) is 9.42. The fourth-order valence-corrected chi connectivity index (χ4v) is 2.37. The summed E-state index contributed by atoms with van der Waals surface area (Å²) in [5.74, 6) is 0.694. The fraction of sp³-hybridized carbons (Fsp3) is 0.429. The zero-order valence-electron chi connectivity index (χ0n) is 9.42. The normalized spacial score (nSPS) is 19.7. The first-order valence-corrected chi connectivity index (χ1v) is 5.73. The summed E-state index contributed by atoms with van der Waals surface area (Å²) in [6.07, 6.45) is 4.42. The van der Waals surface area contributed by atoms with Crippen LogP contribution in [0.2, 0.25) is 6.32 Å². The molecule has 2 rings (SSSR count). The number of fused-ring (bicyclic) bond motifs is 1. The van der Waals surface area contributed by atoms with E-state index in [0.29, 0.717) is 12.2 Å². The number of hydrogen-bond acceptors (Lipinski definition) is 0. The Kier molecular flexibility index (Phi) is 2.99. The molecular formula is C14H17B. The van der Waals surface area contributed by atoms with Crippen molar-refractivity contribution >= 4 is 13.4 Å². The summed E-state index contributed by atoms with van der Waals surface area (Å²) in [6, 6.07) is 6.70. The molecule has 1 heteroatoms. The third-order valence-corrected chi connectivity index (χ3v) is 3.41. The summed E-state index contributed by atoms with van der Waals surface area (Å²) in [6.45, 7) is 6.30. The van der Waals surface area contributed by atoms with Gasteiger partial charge in [-0.1, -0.05) is 43.6 Å². The number of allylic oxidation sites excluding steroid dienone is 1. The smallest absolute Gasteiger partial charge is 0.0716 e. The van der Waals surface area contributed by atoms with Crippen LogP contribution in [0.5, 0.6) is 0 Å². The first-order chi connectivity index (χ1) is 7.22. The predicted octanol–water partition coefficient (Wildman–Crippen LogP) is 3.73. The van der Waals surface area contributed by atoms with E-state index < -0.39 is 0 Å². The Balaban J connectivity index is 2.39. The molecule has 1 aromatic carbocycles. The average Bonchev–Trinajstić information content (AvgIpc) is 2.28. The van der Waals surface area contributed by atoms with Gasteiger partial charge in [0.1, 0.15) is 0 Å². The lowest BCUT2D eigenvalue weighted by atomic mass is 9.81. The minimum atomic E-state index is 0.549. The standard InChI is InChI=1S/C14H17B/c1-10-4-3-5-12-6-7-13(8-14(10)12)11(2)9-15/h6-8,10H,2-5,9H2,1H3. The second-order valence-corrected chi connectivity index (χ2v) is 4.51. The van der Waals surface area contributed by atoms with Crippen LogP contribution >= 0.6 is 0 Å². The first-order valence-electron chi connectivity index (χ1n) is 5.73. The van der Waals surface area contributed by atoms with Crippen LogP contribution in [0.15, 0.2) is 24.8 Å². The van der Waals surface area contributed by atoms with Gasteiger partial charge >= 0.3 is 0 Å². The van der Waals surface area contributed by atoms with Crippen LogP contribution in [0.4, 0.5) is 0 Å². The Morgan fingerprint density at radius 2 is 2.33 bits per heavy atom. The summed E-state index contributed by atoms with van der Waals surface area (Å²) in [4.78, 5) is 0. The summed E-state index contributed by atoms with van der Waals surface area (Å²) in [5, 5.41) is 0. The first kappa shape index (κ1) is 10.5. The van der Waals surface area contributed by atoms with Gasteiger partial charge in [0.15, 0.2) is 0 Å². The van der Waals surface area contributed by atoms with Gasteiger partial charge in [-0.3, -0.25) is 0 Å². The van der Waals surface area contributed by atoms with E-state index in [0.717, 1.165) is 5.57 Å². The van der Waals surface area contributed by atoms with Crippen LogP contribution in [0.25, 0.3) is 5.57 Å². The molecular weight excluding hydrogens is 179 g/mol. The molecule has 1 aromatic rings. The SMILES string of the molecule is [B]CC(=C)c1ccc2c(c1)C(C)CCC2. The molecule has 15 heavy (non-hydrogen) atoms. The highest BCUT2D eigenvalue weighted by Crippen LogP contribution is 2.33. The van der Waals surface area contributed by atoms with E-state index in [2.05, 4.69) is 31.7 Å². The van der Waals surface area contributed by atoms with Crippen molar-refractivity contribution in [2.24, 2.45) is 0 Å². The topological polar surface area (TPSA) is 0 Å². The maximum absolute atomic E-state index is 5.62. The fourth-order valence-electron chi connectivity index (χ4n) is 2.37. The molecule has 0 aliphatic heterocycles. The monoisotopic (exact) mass is 196 g/mol. The summed E-state index contributed by atoms with van der Waals surface area (Å²) >= 11 is 0. The second-order valence-electron chi connectivity index (χ2n) is 4.51. The van der Waals surface area contributed by atoms with E-state index in [-0.39, 0.29) is 0 Å². The molecule has 0 amide bonds. The third kappa shape index (κ3) is 2.02. The van der Waals surface area contributed by atoms with Crippen molar-refractivity contribution in [3.05, 3.63) is 41.5 Å². The molecule has 0 spiro atoms. The summed E-state index contributed by atoms with van der Waals surface area (Å²) in [5.41, 5.74) is 5.27. The second kappa shape index (κ2) is 4.26. The molecule has 1 aliphatic rings. The molecule has 76 valence electrons. The van der Waals surface area contributed by atoms with Crippen LogP contribution in [0, 0.1) is 0 Å². The molecule has 2 radical (unpaired) electrons. The Morgan fingerprint density at radius 1 is 1.53 bits per heavy atom. The zero-order chi connectivity index (χ0) is 10.8. The summed E-state index contributed by atoms with van der Waals surface area (Å²) < 4.78 is 0. The van der Waals surface area contributed by atoms with Crippen molar-refractivity contribution < 1.29 is 0 Å². The Hall–Kier alpha value is -0.975. The quantitative estimate of drug-likeness (QED) is 0.632. The maximum atomic E-state index is 5.62. The lowest BCUT2D eigenvalue weighted by molar-refractivity contribution is 0.590. The molecule has 1 unspecified atom stereocenters. The number of aryl methyl sites for hydroxylation is 1. The highest BCUT2D eigenvalue weighted by atomic mass is 14.2. The molecule has 1 atom stereocenters.